The van der Waals surface area contributed by atoms with Crippen LogP contribution in [-0.2, 0) is 32.3 Å². The second kappa shape index (κ2) is 12.5. The van der Waals surface area contributed by atoms with Gasteiger partial charge in [-0.15, -0.1) is 0 Å². The lowest BCUT2D eigenvalue weighted by molar-refractivity contribution is -0.140. The molecule has 0 radical (unpaired) electrons. The molecular formula is C27H27ClF3N3O4S. The van der Waals surface area contributed by atoms with Crippen LogP contribution in [0.4, 0.5) is 18.9 Å². The fraction of sp³-hybridized carbons (Fsp3) is 0.259. The van der Waals surface area contributed by atoms with Crippen LogP contribution in [0.15, 0.2) is 83.8 Å². The fourth-order valence-electron chi connectivity index (χ4n) is 4.00. The van der Waals surface area contributed by atoms with Crippen LogP contribution in [0, 0.1) is 0 Å². The number of sulfonamides is 1. The van der Waals surface area contributed by atoms with Gasteiger partial charge in [0.2, 0.25) is 11.8 Å². The van der Waals surface area contributed by atoms with E-state index in [9.17, 15) is 31.2 Å². The number of benzene rings is 3. The van der Waals surface area contributed by atoms with Gasteiger partial charge in [0.1, 0.15) is 12.6 Å². The minimum atomic E-state index is -4.87. The molecule has 0 aliphatic rings. The Hall–Kier alpha value is -3.57. The Morgan fingerprint density at radius 3 is 2.10 bits per heavy atom. The number of halogens is 4. The molecule has 3 aromatic carbocycles. The van der Waals surface area contributed by atoms with Crippen LogP contribution in [0.2, 0.25) is 5.02 Å². The summed E-state index contributed by atoms with van der Waals surface area (Å²) in [6.07, 6.45) is -4.66. The molecule has 0 saturated heterocycles. The molecule has 0 heterocycles. The molecule has 0 aromatic heterocycles. The van der Waals surface area contributed by atoms with Crippen LogP contribution in [0.25, 0.3) is 0 Å². The monoisotopic (exact) mass is 581 g/mol. The third kappa shape index (κ3) is 7.10. The molecule has 39 heavy (non-hydrogen) atoms. The molecule has 0 aliphatic carbocycles. The summed E-state index contributed by atoms with van der Waals surface area (Å²) in [5, 5.41) is 1.88. The summed E-state index contributed by atoms with van der Waals surface area (Å²) in [6, 6.07) is 17.4. The Bertz CT molecular complexity index is 1400. The third-order valence-electron chi connectivity index (χ3n) is 5.98. The number of nitrogens with one attached hydrogen (secondary N) is 1. The molecule has 0 fully saturated rings. The second-order valence-corrected chi connectivity index (χ2v) is 10.8. The van der Waals surface area contributed by atoms with Gasteiger partial charge in [-0.25, -0.2) is 8.42 Å². The van der Waals surface area contributed by atoms with E-state index in [1.807, 2.05) is 0 Å². The molecule has 208 valence electrons. The Labute approximate surface area is 230 Å². The van der Waals surface area contributed by atoms with E-state index in [1.54, 1.807) is 43.3 Å². The van der Waals surface area contributed by atoms with Gasteiger partial charge in [-0.2, -0.15) is 13.2 Å². The van der Waals surface area contributed by atoms with E-state index in [-0.39, 0.29) is 17.9 Å². The van der Waals surface area contributed by atoms with E-state index in [0.717, 1.165) is 12.1 Å². The van der Waals surface area contributed by atoms with Crippen molar-refractivity contribution in [1.82, 2.24) is 10.2 Å². The zero-order valence-electron chi connectivity index (χ0n) is 21.2. The topological polar surface area (TPSA) is 86.8 Å². The molecule has 1 atom stereocenters. The summed E-state index contributed by atoms with van der Waals surface area (Å²) < 4.78 is 68.9. The van der Waals surface area contributed by atoms with E-state index in [2.05, 4.69) is 5.32 Å². The van der Waals surface area contributed by atoms with Crippen molar-refractivity contribution in [3.8, 4) is 0 Å². The molecule has 2 amide bonds. The average molecular weight is 582 g/mol. The van der Waals surface area contributed by atoms with Crippen molar-refractivity contribution in [2.45, 2.75) is 37.0 Å². The first-order chi connectivity index (χ1) is 18.4. The first-order valence-electron chi connectivity index (χ1n) is 11.9. The van der Waals surface area contributed by atoms with Crippen LogP contribution in [-0.4, -0.2) is 44.8 Å². The molecule has 3 aromatic rings. The van der Waals surface area contributed by atoms with E-state index in [4.69, 9.17) is 11.6 Å². The zero-order chi connectivity index (χ0) is 28.8. The van der Waals surface area contributed by atoms with Gasteiger partial charge < -0.3 is 10.2 Å². The van der Waals surface area contributed by atoms with Gasteiger partial charge in [0.15, 0.2) is 0 Å². The van der Waals surface area contributed by atoms with Gasteiger partial charge in [-0.05, 0) is 42.3 Å². The Morgan fingerprint density at radius 1 is 0.974 bits per heavy atom. The van der Waals surface area contributed by atoms with E-state index in [1.165, 1.54) is 36.2 Å². The zero-order valence-corrected chi connectivity index (χ0v) is 22.7. The van der Waals surface area contributed by atoms with E-state index >= 15 is 0 Å². The SMILES string of the molecule is CCC(C(=O)NC)N(Cc1ccccc1)C(=O)CN(c1ccc(Cl)c(C(F)(F)F)c1)S(=O)(=O)c1ccccc1. The summed E-state index contributed by atoms with van der Waals surface area (Å²) in [5.41, 5.74) is -0.978. The maximum atomic E-state index is 13.8. The number of alkyl halides is 3. The molecule has 1 N–H and O–H groups in total. The first kappa shape index (κ1) is 30.0. The van der Waals surface area contributed by atoms with Crippen molar-refractivity contribution in [3.05, 3.63) is 95.0 Å². The number of hydrogen-bond acceptors (Lipinski definition) is 4. The highest BCUT2D eigenvalue weighted by Crippen LogP contribution is 2.38. The highest BCUT2D eigenvalue weighted by Gasteiger charge is 2.37. The van der Waals surface area contributed by atoms with Gasteiger partial charge in [0.25, 0.3) is 10.0 Å². The van der Waals surface area contributed by atoms with E-state index < -0.39 is 56.9 Å². The molecule has 0 bridgehead atoms. The predicted octanol–water partition coefficient (Wildman–Crippen LogP) is 5.11. The normalized spacial score (nSPS) is 12.5. The van der Waals surface area contributed by atoms with Gasteiger partial charge in [-0.1, -0.05) is 67.1 Å². The van der Waals surface area contributed by atoms with E-state index in [0.29, 0.717) is 15.9 Å². The molecular weight excluding hydrogens is 555 g/mol. The summed E-state index contributed by atoms with van der Waals surface area (Å²) in [4.78, 5) is 27.4. The standard InChI is InChI=1S/C27H27ClF3N3O4S/c1-3-24(26(36)32-2)33(17-19-10-6-4-7-11-19)25(35)18-34(39(37,38)21-12-8-5-9-13-21)20-14-15-23(28)22(16-20)27(29,30)31/h4-16,24H,3,17-18H2,1-2H3,(H,32,36). The van der Waals surface area contributed by atoms with Crippen molar-refractivity contribution < 1.29 is 31.2 Å². The summed E-state index contributed by atoms with van der Waals surface area (Å²) in [7, 11) is -3.10. The average Bonchev–Trinajstić information content (AvgIpc) is 2.92. The number of amides is 2. The quantitative estimate of drug-likeness (QED) is 0.361. The number of rotatable bonds is 10. The Morgan fingerprint density at radius 2 is 1.56 bits per heavy atom. The van der Waals surface area contributed by atoms with Gasteiger partial charge in [0.05, 0.1) is 21.2 Å². The molecule has 7 nitrogen and oxygen atoms in total. The molecule has 0 aliphatic heterocycles. The Kier molecular flexibility index (Phi) is 9.63. The molecule has 1 unspecified atom stereocenters. The third-order valence-corrected chi connectivity index (χ3v) is 8.10. The van der Waals surface area contributed by atoms with Crippen molar-refractivity contribution in [3.63, 3.8) is 0 Å². The largest absolute Gasteiger partial charge is 0.417 e. The van der Waals surface area contributed by atoms with Crippen LogP contribution in [0.3, 0.4) is 0 Å². The minimum Gasteiger partial charge on any atom is -0.357 e. The lowest BCUT2D eigenvalue weighted by Gasteiger charge is -2.33. The lowest BCUT2D eigenvalue weighted by atomic mass is 10.1. The minimum absolute atomic E-state index is 0.0285. The van der Waals surface area contributed by atoms with Gasteiger partial charge in [0, 0.05) is 13.6 Å². The number of carbonyl (C=O) groups is 2. The van der Waals surface area contributed by atoms with Crippen molar-refractivity contribution in [1.29, 1.82) is 0 Å². The maximum absolute atomic E-state index is 13.8. The van der Waals surface area contributed by atoms with Gasteiger partial charge >= 0.3 is 6.18 Å². The molecule has 0 saturated carbocycles. The highest BCUT2D eigenvalue weighted by molar-refractivity contribution is 7.92. The van der Waals surface area contributed by atoms with Crippen LogP contribution < -0.4 is 9.62 Å². The highest BCUT2D eigenvalue weighted by atomic mass is 35.5. The molecule has 12 heteroatoms. The van der Waals surface area contributed by atoms with Crippen molar-refractivity contribution in [2.24, 2.45) is 0 Å². The molecule has 3 rings (SSSR count). The van der Waals surface area contributed by atoms with Crippen LogP contribution >= 0.6 is 11.6 Å². The van der Waals surface area contributed by atoms with Crippen molar-refractivity contribution >= 4 is 39.1 Å². The van der Waals surface area contributed by atoms with Crippen molar-refractivity contribution in [2.75, 3.05) is 17.9 Å². The number of anilines is 1. The lowest BCUT2D eigenvalue weighted by Crippen LogP contribution is -2.51. The maximum Gasteiger partial charge on any atom is 0.417 e. The Balaban J connectivity index is 2.13. The smallest absolute Gasteiger partial charge is 0.357 e. The van der Waals surface area contributed by atoms with Gasteiger partial charge in [-0.3, -0.25) is 13.9 Å². The molecule has 0 spiro atoms. The number of likely N-dealkylation sites (N-methyl/N-ethyl adjacent to an activating group) is 1. The van der Waals surface area contributed by atoms with Crippen LogP contribution in [0.1, 0.15) is 24.5 Å². The number of hydrogen-bond donors (Lipinski definition) is 1. The summed E-state index contributed by atoms with van der Waals surface area (Å²) in [5.74, 6) is -1.25. The number of nitrogens with zero attached hydrogens (tertiary/aromatic N) is 2. The fourth-order valence-corrected chi connectivity index (χ4v) is 5.65. The summed E-state index contributed by atoms with van der Waals surface area (Å²) in [6.45, 7) is 0.800. The summed E-state index contributed by atoms with van der Waals surface area (Å²) >= 11 is 5.77. The first-order valence-corrected chi connectivity index (χ1v) is 13.7. The second-order valence-electron chi connectivity index (χ2n) is 8.53. The predicted molar refractivity (Wildman–Crippen MR) is 143 cm³/mol. The number of carbonyl (C=O) groups excluding carboxylic acids is 2. The van der Waals surface area contributed by atoms with Crippen LogP contribution in [0.5, 0.6) is 0 Å².